The number of likely N-dealkylation sites (tertiary alicyclic amines) is 1. The monoisotopic (exact) mass is 248 g/mol. The lowest BCUT2D eigenvalue weighted by molar-refractivity contribution is 0.197. The van der Waals surface area contributed by atoms with Crippen molar-refractivity contribution in [1.82, 2.24) is 10.2 Å². The number of hydrogen-bond donors (Lipinski definition) is 1. The third kappa shape index (κ3) is 2.02. The van der Waals surface area contributed by atoms with E-state index in [1.54, 1.807) is 0 Å². The van der Waals surface area contributed by atoms with Crippen LogP contribution in [0.15, 0.2) is 0 Å². The molecule has 0 radical (unpaired) electrons. The van der Waals surface area contributed by atoms with Crippen LogP contribution < -0.4 is 5.32 Å². The van der Waals surface area contributed by atoms with E-state index in [0.717, 1.165) is 36.8 Å². The number of nitrogens with one attached hydrogen (secondary N) is 1. The standard InChI is InChI=1S/C15H24N2O/c18-15(16-14(10-4-5-10)11-6-7-11)17-8-12-2-1-3-13(12)9-17/h10-14H,1-9H2,(H,16,18). The second-order valence-corrected chi connectivity index (χ2v) is 7.01. The van der Waals surface area contributed by atoms with Crippen LogP contribution in [0, 0.1) is 23.7 Å². The molecule has 3 aliphatic carbocycles. The SMILES string of the molecule is O=C(NC(C1CC1)C1CC1)N1CC2CCCC2C1. The minimum absolute atomic E-state index is 0.244. The number of carbonyl (C=O) groups is 1. The molecule has 2 unspecified atom stereocenters. The van der Waals surface area contributed by atoms with Crippen molar-refractivity contribution in [1.29, 1.82) is 0 Å². The van der Waals surface area contributed by atoms with Gasteiger partial charge in [0.05, 0.1) is 0 Å². The predicted molar refractivity (Wildman–Crippen MR) is 70.2 cm³/mol. The largest absolute Gasteiger partial charge is 0.335 e. The Balaban J connectivity index is 1.35. The van der Waals surface area contributed by atoms with E-state index in [1.807, 2.05) is 0 Å². The van der Waals surface area contributed by atoms with Crippen molar-refractivity contribution < 1.29 is 4.79 Å². The second-order valence-electron chi connectivity index (χ2n) is 7.01. The minimum atomic E-state index is 0.244. The second kappa shape index (κ2) is 4.14. The Morgan fingerprint density at radius 1 is 0.944 bits per heavy atom. The van der Waals surface area contributed by atoms with Gasteiger partial charge in [0.25, 0.3) is 0 Å². The fourth-order valence-corrected chi connectivity index (χ4v) is 4.17. The van der Waals surface area contributed by atoms with E-state index in [0.29, 0.717) is 6.04 Å². The molecule has 1 saturated heterocycles. The van der Waals surface area contributed by atoms with E-state index in [1.165, 1.54) is 44.9 Å². The summed E-state index contributed by atoms with van der Waals surface area (Å²) in [5.74, 6) is 3.25. The number of nitrogens with zero attached hydrogens (tertiary/aromatic N) is 1. The van der Waals surface area contributed by atoms with Gasteiger partial charge in [0.2, 0.25) is 0 Å². The minimum Gasteiger partial charge on any atom is -0.335 e. The maximum atomic E-state index is 12.4. The number of rotatable bonds is 3. The first-order valence-electron chi connectivity index (χ1n) is 7.86. The van der Waals surface area contributed by atoms with E-state index >= 15 is 0 Å². The first-order chi connectivity index (χ1) is 8.81. The van der Waals surface area contributed by atoms with Gasteiger partial charge in [-0.05, 0) is 62.2 Å². The zero-order valence-electron chi connectivity index (χ0n) is 11.1. The van der Waals surface area contributed by atoms with Crippen molar-refractivity contribution in [3.8, 4) is 0 Å². The zero-order chi connectivity index (χ0) is 12.1. The van der Waals surface area contributed by atoms with Crippen molar-refractivity contribution in [3.05, 3.63) is 0 Å². The van der Waals surface area contributed by atoms with Gasteiger partial charge in [-0.3, -0.25) is 0 Å². The molecule has 3 nitrogen and oxygen atoms in total. The average Bonchev–Trinajstić information content (AvgIpc) is 3.24. The van der Waals surface area contributed by atoms with E-state index in [2.05, 4.69) is 10.2 Å². The Labute approximate surface area is 109 Å². The quantitative estimate of drug-likeness (QED) is 0.818. The van der Waals surface area contributed by atoms with E-state index < -0.39 is 0 Å². The van der Waals surface area contributed by atoms with Crippen LogP contribution in [0.3, 0.4) is 0 Å². The van der Waals surface area contributed by atoms with Gasteiger partial charge in [0.1, 0.15) is 0 Å². The molecule has 0 bridgehead atoms. The predicted octanol–water partition coefficient (Wildman–Crippen LogP) is 2.62. The van der Waals surface area contributed by atoms with Gasteiger partial charge in [0.15, 0.2) is 0 Å². The van der Waals surface area contributed by atoms with Crippen molar-refractivity contribution in [2.45, 2.75) is 51.0 Å². The van der Waals surface area contributed by atoms with Crippen LogP contribution in [0.25, 0.3) is 0 Å². The fourth-order valence-electron chi connectivity index (χ4n) is 4.17. The van der Waals surface area contributed by atoms with Gasteiger partial charge in [-0.2, -0.15) is 0 Å². The molecule has 3 heteroatoms. The molecule has 2 amide bonds. The smallest absolute Gasteiger partial charge is 0.317 e. The van der Waals surface area contributed by atoms with E-state index in [-0.39, 0.29) is 6.03 Å². The highest BCUT2D eigenvalue weighted by molar-refractivity contribution is 5.75. The topological polar surface area (TPSA) is 32.3 Å². The van der Waals surface area contributed by atoms with Crippen LogP contribution in [-0.4, -0.2) is 30.1 Å². The van der Waals surface area contributed by atoms with Crippen molar-refractivity contribution >= 4 is 6.03 Å². The number of carbonyl (C=O) groups excluding carboxylic acids is 1. The molecule has 1 N–H and O–H groups in total. The van der Waals surface area contributed by atoms with Crippen LogP contribution >= 0.6 is 0 Å². The van der Waals surface area contributed by atoms with Gasteiger partial charge >= 0.3 is 6.03 Å². The summed E-state index contributed by atoms with van der Waals surface area (Å²) in [4.78, 5) is 14.5. The van der Waals surface area contributed by atoms with Crippen LogP contribution in [0.4, 0.5) is 4.79 Å². The maximum Gasteiger partial charge on any atom is 0.317 e. The van der Waals surface area contributed by atoms with Crippen molar-refractivity contribution in [2.24, 2.45) is 23.7 Å². The Kier molecular flexibility index (Phi) is 2.56. The Morgan fingerprint density at radius 2 is 1.50 bits per heavy atom. The summed E-state index contributed by atoms with van der Waals surface area (Å²) in [5.41, 5.74) is 0. The molecule has 100 valence electrons. The number of hydrogen-bond acceptors (Lipinski definition) is 1. The molecule has 1 aliphatic heterocycles. The highest BCUT2D eigenvalue weighted by Crippen LogP contribution is 2.45. The Bertz CT molecular complexity index is 324. The van der Waals surface area contributed by atoms with Gasteiger partial charge in [-0.1, -0.05) is 6.42 Å². The van der Waals surface area contributed by atoms with Crippen LogP contribution in [0.2, 0.25) is 0 Å². The van der Waals surface area contributed by atoms with Crippen LogP contribution in [0.1, 0.15) is 44.9 Å². The summed E-state index contributed by atoms with van der Waals surface area (Å²) in [7, 11) is 0. The molecule has 0 spiro atoms. The molecular weight excluding hydrogens is 224 g/mol. The first kappa shape index (κ1) is 11.1. The van der Waals surface area contributed by atoms with Crippen LogP contribution in [-0.2, 0) is 0 Å². The highest BCUT2D eigenvalue weighted by Gasteiger charge is 2.44. The summed E-state index contributed by atoms with van der Waals surface area (Å²) < 4.78 is 0. The molecular formula is C15H24N2O. The first-order valence-corrected chi connectivity index (χ1v) is 7.86. The summed E-state index contributed by atoms with van der Waals surface area (Å²) in [6.45, 7) is 2.05. The lowest BCUT2D eigenvalue weighted by Gasteiger charge is -2.23. The zero-order valence-corrected chi connectivity index (χ0v) is 11.1. The van der Waals surface area contributed by atoms with Gasteiger partial charge in [0, 0.05) is 19.1 Å². The van der Waals surface area contributed by atoms with E-state index in [9.17, 15) is 4.79 Å². The van der Waals surface area contributed by atoms with Gasteiger partial charge in [-0.25, -0.2) is 4.79 Å². The third-order valence-corrected chi connectivity index (χ3v) is 5.56. The number of urea groups is 1. The van der Waals surface area contributed by atoms with E-state index in [4.69, 9.17) is 0 Å². The molecule has 4 aliphatic rings. The molecule has 4 rings (SSSR count). The molecule has 2 atom stereocenters. The molecule has 3 saturated carbocycles. The van der Waals surface area contributed by atoms with Crippen molar-refractivity contribution in [3.63, 3.8) is 0 Å². The Hall–Kier alpha value is -0.730. The molecule has 18 heavy (non-hydrogen) atoms. The average molecular weight is 248 g/mol. The van der Waals surface area contributed by atoms with Crippen molar-refractivity contribution in [2.75, 3.05) is 13.1 Å². The normalized spacial score (nSPS) is 35.1. The molecule has 0 aromatic heterocycles. The summed E-state index contributed by atoms with van der Waals surface area (Å²) in [6, 6.07) is 0.756. The van der Waals surface area contributed by atoms with Crippen LogP contribution in [0.5, 0.6) is 0 Å². The lowest BCUT2D eigenvalue weighted by atomic mass is 10.0. The number of fused-ring (bicyclic) bond motifs is 1. The molecule has 1 heterocycles. The van der Waals surface area contributed by atoms with Gasteiger partial charge < -0.3 is 10.2 Å². The third-order valence-electron chi connectivity index (χ3n) is 5.56. The van der Waals surface area contributed by atoms with Gasteiger partial charge in [-0.15, -0.1) is 0 Å². The molecule has 0 aromatic rings. The summed E-state index contributed by atoms with van der Waals surface area (Å²) in [6.07, 6.45) is 9.45. The highest BCUT2D eigenvalue weighted by atomic mass is 16.2. The Morgan fingerprint density at radius 3 is 2.00 bits per heavy atom. The molecule has 4 fully saturated rings. The summed E-state index contributed by atoms with van der Waals surface area (Å²) >= 11 is 0. The molecule has 0 aromatic carbocycles. The number of amides is 2. The summed E-state index contributed by atoms with van der Waals surface area (Å²) in [5, 5.41) is 3.36. The maximum absolute atomic E-state index is 12.4. The fraction of sp³-hybridized carbons (Fsp3) is 0.933. The lowest BCUT2D eigenvalue weighted by Crippen LogP contribution is -2.46.